The molecule has 1 atom stereocenters. The summed E-state index contributed by atoms with van der Waals surface area (Å²) in [4.78, 5) is 18.1. The minimum Gasteiger partial charge on any atom is -0.393 e. The van der Waals surface area contributed by atoms with E-state index in [4.69, 9.17) is 0 Å². The fourth-order valence-corrected chi connectivity index (χ4v) is 4.36. The minimum atomic E-state index is -0.232. The summed E-state index contributed by atoms with van der Waals surface area (Å²) in [7, 11) is 0. The summed E-state index contributed by atoms with van der Waals surface area (Å²) in [5, 5.41) is 14.7. The summed E-state index contributed by atoms with van der Waals surface area (Å²) >= 11 is 1.47. The zero-order chi connectivity index (χ0) is 17.4. The lowest BCUT2D eigenvalue weighted by atomic mass is 9.75. The van der Waals surface area contributed by atoms with Crippen LogP contribution in [0.25, 0.3) is 4.96 Å². The van der Waals surface area contributed by atoms with Gasteiger partial charge in [-0.1, -0.05) is 30.3 Å². The standard InChI is InChI=1S/C19H21N3O2S/c1-12-10-22-17(11-25-19(22)20-12)18(24)21-16(14-8-15(23)9-14)7-13-5-3-2-4-6-13/h2-6,10-11,14-16,23H,7-9H2,1H3,(H,21,24). The van der Waals surface area contributed by atoms with Crippen LogP contribution in [-0.2, 0) is 6.42 Å². The van der Waals surface area contributed by atoms with Crippen LogP contribution in [0.15, 0.2) is 41.9 Å². The second kappa shape index (κ2) is 6.61. The van der Waals surface area contributed by atoms with Gasteiger partial charge in [0.25, 0.3) is 5.91 Å². The van der Waals surface area contributed by atoms with Gasteiger partial charge in [0.1, 0.15) is 5.69 Å². The lowest BCUT2D eigenvalue weighted by molar-refractivity contribution is 0.0238. The van der Waals surface area contributed by atoms with E-state index in [0.29, 0.717) is 11.6 Å². The fourth-order valence-electron chi connectivity index (χ4n) is 3.46. The molecule has 1 unspecified atom stereocenters. The summed E-state index contributed by atoms with van der Waals surface area (Å²) in [6.45, 7) is 1.93. The molecule has 130 valence electrons. The van der Waals surface area contributed by atoms with Gasteiger partial charge in [0.15, 0.2) is 4.96 Å². The van der Waals surface area contributed by atoms with Crippen molar-refractivity contribution in [2.24, 2.45) is 5.92 Å². The third kappa shape index (κ3) is 3.32. The van der Waals surface area contributed by atoms with Crippen molar-refractivity contribution < 1.29 is 9.90 Å². The monoisotopic (exact) mass is 355 g/mol. The third-order valence-corrected chi connectivity index (χ3v) is 5.74. The third-order valence-electron chi connectivity index (χ3n) is 4.90. The first-order valence-corrected chi connectivity index (χ1v) is 9.44. The normalized spacial score (nSPS) is 21.0. The number of nitrogens with zero attached hydrogens (tertiary/aromatic N) is 2. The van der Waals surface area contributed by atoms with Gasteiger partial charge in [-0.25, -0.2) is 4.98 Å². The molecule has 4 rings (SSSR count). The van der Waals surface area contributed by atoms with E-state index >= 15 is 0 Å². The van der Waals surface area contributed by atoms with Gasteiger partial charge in [-0.2, -0.15) is 0 Å². The van der Waals surface area contributed by atoms with Gasteiger partial charge in [-0.3, -0.25) is 9.20 Å². The number of aliphatic hydroxyl groups excluding tert-OH is 1. The van der Waals surface area contributed by atoms with Crippen molar-refractivity contribution in [3.05, 3.63) is 58.9 Å². The van der Waals surface area contributed by atoms with Crippen LogP contribution < -0.4 is 5.32 Å². The van der Waals surface area contributed by atoms with Crippen LogP contribution in [0.2, 0.25) is 0 Å². The molecule has 0 bridgehead atoms. The number of hydrogen-bond acceptors (Lipinski definition) is 4. The van der Waals surface area contributed by atoms with Gasteiger partial charge in [0.2, 0.25) is 0 Å². The highest BCUT2D eigenvalue weighted by atomic mass is 32.1. The van der Waals surface area contributed by atoms with Crippen molar-refractivity contribution in [3.63, 3.8) is 0 Å². The number of fused-ring (bicyclic) bond motifs is 1. The zero-order valence-corrected chi connectivity index (χ0v) is 14.9. The van der Waals surface area contributed by atoms with Gasteiger partial charge < -0.3 is 10.4 Å². The smallest absolute Gasteiger partial charge is 0.269 e. The highest BCUT2D eigenvalue weighted by molar-refractivity contribution is 7.15. The minimum absolute atomic E-state index is 0.0258. The average molecular weight is 355 g/mol. The first-order valence-electron chi connectivity index (χ1n) is 8.56. The van der Waals surface area contributed by atoms with Crippen molar-refractivity contribution in [1.82, 2.24) is 14.7 Å². The topological polar surface area (TPSA) is 66.6 Å². The molecule has 6 heteroatoms. The van der Waals surface area contributed by atoms with E-state index in [1.807, 2.05) is 41.1 Å². The number of aryl methyl sites for hydroxylation is 1. The van der Waals surface area contributed by atoms with Crippen LogP contribution in [0.3, 0.4) is 0 Å². The zero-order valence-electron chi connectivity index (χ0n) is 14.1. The quantitative estimate of drug-likeness (QED) is 0.740. The molecule has 1 amide bonds. The Bertz CT molecular complexity index is 881. The van der Waals surface area contributed by atoms with Crippen LogP contribution in [0, 0.1) is 12.8 Å². The van der Waals surface area contributed by atoms with E-state index < -0.39 is 0 Å². The summed E-state index contributed by atoms with van der Waals surface area (Å²) in [5.74, 6) is 0.240. The Morgan fingerprint density at radius 2 is 2.16 bits per heavy atom. The van der Waals surface area contributed by atoms with Crippen molar-refractivity contribution >= 4 is 22.2 Å². The Morgan fingerprint density at radius 3 is 2.88 bits per heavy atom. The lowest BCUT2D eigenvalue weighted by Gasteiger charge is -2.38. The van der Waals surface area contributed by atoms with E-state index in [9.17, 15) is 9.90 Å². The second-order valence-electron chi connectivity index (χ2n) is 6.81. The number of hydrogen-bond donors (Lipinski definition) is 2. The lowest BCUT2D eigenvalue weighted by Crippen LogP contribution is -2.48. The number of imidazole rings is 1. The molecule has 1 aliphatic carbocycles. The predicted octanol–water partition coefficient (Wildman–Crippen LogP) is 2.82. The first-order chi connectivity index (χ1) is 12.1. The van der Waals surface area contributed by atoms with Crippen molar-refractivity contribution in [2.75, 3.05) is 0 Å². The van der Waals surface area contributed by atoms with Gasteiger partial charge in [-0.15, -0.1) is 11.3 Å². The molecule has 0 spiro atoms. The molecule has 3 aromatic rings. The van der Waals surface area contributed by atoms with Crippen LogP contribution in [0.1, 0.15) is 34.6 Å². The summed E-state index contributed by atoms with van der Waals surface area (Å²) in [6, 6.07) is 10.2. The Labute approximate surface area is 150 Å². The predicted molar refractivity (Wildman–Crippen MR) is 97.9 cm³/mol. The van der Waals surface area contributed by atoms with Crippen LogP contribution >= 0.6 is 11.3 Å². The van der Waals surface area contributed by atoms with Crippen molar-refractivity contribution in [1.29, 1.82) is 0 Å². The number of aliphatic hydroxyl groups is 1. The molecular weight excluding hydrogens is 334 g/mol. The number of aromatic nitrogens is 2. The van der Waals surface area contributed by atoms with Gasteiger partial charge in [0, 0.05) is 17.6 Å². The Balaban J connectivity index is 1.54. The molecule has 1 fully saturated rings. The number of nitrogens with one attached hydrogen (secondary N) is 1. The molecule has 2 N–H and O–H groups in total. The average Bonchev–Trinajstić information content (AvgIpc) is 3.11. The summed E-state index contributed by atoms with van der Waals surface area (Å²) < 4.78 is 1.85. The second-order valence-corrected chi connectivity index (χ2v) is 7.65. The van der Waals surface area contributed by atoms with Crippen molar-refractivity contribution in [3.8, 4) is 0 Å². The van der Waals surface area contributed by atoms with Gasteiger partial charge in [0.05, 0.1) is 11.8 Å². The number of rotatable bonds is 5. The van der Waals surface area contributed by atoms with E-state index in [1.54, 1.807) is 0 Å². The molecule has 1 aliphatic rings. The molecule has 5 nitrogen and oxygen atoms in total. The SMILES string of the molecule is Cc1cn2c(C(=O)NC(Cc3ccccc3)C3CC(O)C3)csc2n1. The molecule has 1 aromatic carbocycles. The Hall–Kier alpha value is -2.18. The van der Waals surface area contributed by atoms with Crippen LogP contribution in [0.5, 0.6) is 0 Å². The molecule has 0 saturated heterocycles. The molecule has 0 radical (unpaired) electrons. The maximum atomic E-state index is 12.8. The fraction of sp³-hybridized carbons (Fsp3) is 0.368. The number of thiazole rings is 1. The van der Waals surface area contributed by atoms with E-state index in [-0.39, 0.29) is 18.1 Å². The maximum Gasteiger partial charge on any atom is 0.269 e. The highest BCUT2D eigenvalue weighted by Gasteiger charge is 2.35. The largest absolute Gasteiger partial charge is 0.393 e. The Morgan fingerprint density at radius 1 is 1.40 bits per heavy atom. The summed E-state index contributed by atoms with van der Waals surface area (Å²) in [5.41, 5.74) is 2.73. The Kier molecular flexibility index (Phi) is 4.31. The van der Waals surface area contributed by atoms with E-state index in [2.05, 4.69) is 22.4 Å². The van der Waals surface area contributed by atoms with Crippen LogP contribution in [0.4, 0.5) is 0 Å². The molecular formula is C19H21N3O2S. The molecule has 2 heterocycles. The maximum absolute atomic E-state index is 12.8. The summed E-state index contributed by atoms with van der Waals surface area (Å²) in [6.07, 6.45) is 3.94. The molecule has 2 aromatic heterocycles. The number of carbonyl (C=O) groups excluding carboxylic acids is 1. The van der Waals surface area contributed by atoms with Gasteiger partial charge >= 0.3 is 0 Å². The molecule has 25 heavy (non-hydrogen) atoms. The molecule has 1 saturated carbocycles. The number of carbonyl (C=O) groups is 1. The highest BCUT2D eigenvalue weighted by Crippen LogP contribution is 2.32. The van der Waals surface area contributed by atoms with E-state index in [1.165, 1.54) is 16.9 Å². The number of benzene rings is 1. The van der Waals surface area contributed by atoms with Crippen LogP contribution in [-0.4, -0.2) is 32.5 Å². The van der Waals surface area contributed by atoms with E-state index in [0.717, 1.165) is 29.9 Å². The van der Waals surface area contributed by atoms with Crippen molar-refractivity contribution in [2.45, 2.75) is 38.3 Å². The van der Waals surface area contributed by atoms with Gasteiger partial charge in [-0.05, 0) is 37.7 Å². The first kappa shape index (κ1) is 16.3. The number of amides is 1. The molecule has 0 aliphatic heterocycles.